The molecule has 0 saturated heterocycles. The summed E-state index contributed by atoms with van der Waals surface area (Å²) in [5.41, 5.74) is 3.31. The molecule has 0 saturated carbocycles. The molecule has 8 heteroatoms. The molecule has 30 heavy (non-hydrogen) atoms. The van der Waals surface area contributed by atoms with Crippen LogP contribution in [0.2, 0.25) is 0 Å². The Morgan fingerprint density at radius 3 is 2.70 bits per heavy atom. The van der Waals surface area contributed by atoms with E-state index < -0.39 is 0 Å². The van der Waals surface area contributed by atoms with Crippen molar-refractivity contribution in [2.24, 2.45) is 0 Å². The van der Waals surface area contributed by atoms with Gasteiger partial charge >= 0.3 is 0 Å². The first-order valence-corrected chi connectivity index (χ1v) is 10.2. The van der Waals surface area contributed by atoms with Crippen LogP contribution in [0.1, 0.15) is 21.6 Å². The minimum atomic E-state index is -0.298. The number of aryl methyl sites for hydroxylation is 1. The summed E-state index contributed by atoms with van der Waals surface area (Å²) < 4.78 is 10.0. The van der Waals surface area contributed by atoms with E-state index in [-0.39, 0.29) is 12.6 Å². The topological polar surface area (TPSA) is 74.0 Å². The number of ether oxygens (including phenoxy) is 1. The Morgan fingerprint density at radius 2 is 1.90 bits per heavy atom. The summed E-state index contributed by atoms with van der Waals surface area (Å²) in [7, 11) is 0. The van der Waals surface area contributed by atoms with Crippen LogP contribution >= 0.6 is 15.9 Å². The van der Waals surface area contributed by atoms with Crippen molar-refractivity contribution in [3.05, 3.63) is 94.5 Å². The van der Waals surface area contributed by atoms with Crippen molar-refractivity contribution in [1.82, 2.24) is 19.6 Å². The van der Waals surface area contributed by atoms with Crippen molar-refractivity contribution in [1.29, 1.82) is 0 Å². The second-order valence-electron chi connectivity index (χ2n) is 6.78. The van der Waals surface area contributed by atoms with Crippen molar-refractivity contribution in [3.8, 4) is 5.75 Å². The smallest absolute Gasteiger partial charge is 0.276 e. The minimum absolute atomic E-state index is 0.212. The third-order valence-corrected chi connectivity index (χ3v) is 5.06. The van der Waals surface area contributed by atoms with Crippen molar-refractivity contribution < 1.29 is 9.53 Å². The Kier molecular flexibility index (Phi) is 5.94. The fraction of sp³-hybridized carbons (Fsp3) is 0.136. The molecule has 0 spiro atoms. The van der Waals surface area contributed by atoms with E-state index in [4.69, 9.17) is 4.74 Å². The number of halogens is 1. The number of nitrogens with one attached hydrogen (secondary N) is 1. The highest BCUT2D eigenvalue weighted by Crippen LogP contribution is 2.16. The van der Waals surface area contributed by atoms with E-state index in [0.717, 1.165) is 10.2 Å². The quantitative estimate of drug-likeness (QED) is 0.436. The zero-order valence-corrected chi connectivity index (χ0v) is 17.9. The molecule has 0 fully saturated rings. The van der Waals surface area contributed by atoms with Crippen LogP contribution in [0.3, 0.4) is 0 Å². The molecule has 152 valence electrons. The molecule has 0 radical (unpaired) electrons. The zero-order valence-electron chi connectivity index (χ0n) is 16.3. The lowest BCUT2D eigenvalue weighted by Gasteiger charge is -2.06. The highest BCUT2D eigenvalue weighted by molar-refractivity contribution is 9.10. The van der Waals surface area contributed by atoms with Gasteiger partial charge in [-0.2, -0.15) is 10.2 Å². The fourth-order valence-corrected chi connectivity index (χ4v) is 3.16. The van der Waals surface area contributed by atoms with Gasteiger partial charge in [-0.15, -0.1) is 0 Å². The van der Waals surface area contributed by atoms with Gasteiger partial charge in [0, 0.05) is 16.9 Å². The average molecular weight is 466 g/mol. The van der Waals surface area contributed by atoms with Crippen molar-refractivity contribution in [3.63, 3.8) is 0 Å². The summed E-state index contributed by atoms with van der Waals surface area (Å²) in [5, 5.41) is 11.4. The van der Waals surface area contributed by atoms with Gasteiger partial charge in [-0.05, 0) is 48.4 Å². The van der Waals surface area contributed by atoms with Crippen molar-refractivity contribution >= 4 is 27.5 Å². The Hall–Kier alpha value is -3.39. The highest BCUT2D eigenvalue weighted by Gasteiger charge is 2.11. The minimum Gasteiger partial charge on any atom is -0.471 e. The van der Waals surface area contributed by atoms with E-state index >= 15 is 0 Å². The molecular formula is C22H20BrN5O2. The first-order chi connectivity index (χ1) is 14.6. The van der Waals surface area contributed by atoms with Gasteiger partial charge in [0.25, 0.3) is 5.91 Å². The Balaban J connectivity index is 1.34. The van der Waals surface area contributed by atoms with Crippen LogP contribution in [0.4, 0.5) is 5.69 Å². The molecule has 0 aliphatic heterocycles. The van der Waals surface area contributed by atoms with Gasteiger partial charge in [0.15, 0.2) is 12.4 Å². The summed E-state index contributed by atoms with van der Waals surface area (Å²) >= 11 is 3.39. The number of anilines is 1. The lowest BCUT2D eigenvalue weighted by atomic mass is 10.1. The fourth-order valence-electron chi connectivity index (χ4n) is 2.90. The SMILES string of the molecule is Cc1ccccc1Cn1cc(NC(=O)c2ccn(COc3ccc(Br)cc3)n2)cn1. The third-order valence-electron chi connectivity index (χ3n) is 4.54. The Bertz CT molecular complexity index is 1150. The van der Waals surface area contributed by atoms with Crippen LogP contribution in [0.25, 0.3) is 0 Å². The molecule has 2 heterocycles. The maximum atomic E-state index is 12.5. The Labute approximate surface area is 182 Å². The number of rotatable bonds is 7. The molecule has 2 aromatic carbocycles. The van der Waals surface area contributed by atoms with Crippen LogP contribution in [-0.4, -0.2) is 25.5 Å². The molecule has 0 atom stereocenters. The van der Waals surface area contributed by atoms with Crippen LogP contribution in [0, 0.1) is 6.92 Å². The number of amides is 1. The molecule has 1 amide bonds. The van der Waals surface area contributed by atoms with Crippen LogP contribution in [-0.2, 0) is 13.3 Å². The van der Waals surface area contributed by atoms with Gasteiger partial charge in [0.05, 0.1) is 18.4 Å². The maximum absolute atomic E-state index is 12.5. The van der Waals surface area contributed by atoms with Gasteiger partial charge in [0.2, 0.25) is 0 Å². The molecule has 7 nitrogen and oxygen atoms in total. The molecule has 0 aliphatic carbocycles. The summed E-state index contributed by atoms with van der Waals surface area (Å²) in [6, 6.07) is 17.3. The molecule has 0 unspecified atom stereocenters. The molecule has 4 aromatic rings. The molecular weight excluding hydrogens is 446 g/mol. The first-order valence-electron chi connectivity index (χ1n) is 9.37. The number of aromatic nitrogens is 4. The summed E-state index contributed by atoms with van der Waals surface area (Å²) in [6.45, 7) is 2.92. The van der Waals surface area contributed by atoms with E-state index in [1.165, 1.54) is 11.1 Å². The first kappa shape index (κ1) is 19.9. The normalized spacial score (nSPS) is 10.7. The maximum Gasteiger partial charge on any atom is 0.276 e. The predicted molar refractivity (Wildman–Crippen MR) is 117 cm³/mol. The molecule has 0 aliphatic rings. The standard InChI is InChI=1S/C22H20BrN5O2/c1-16-4-2-3-5-17(16)13-28-14-19(12-24-28)25-22(29)21-10-11-27(26-21)15-30-20-8-6-18(23)7-9-20/h2-12,14H,13,15H2,1H3,(H,25,29). The summed E-state index contributed by atoms with van der Waals surface area (Å²) in [4.78, 5) is 12.5. The monoisotopic (exact) mass is 465 g/mol. The number of hydrogen-bond donors (Lipinski definition) is 1. The molecule has 1 N–H and O–H groups in total. The molecule has 2 aromatic heterocycles. The summed E-state index contributed by atoms with van der Waals surface area (Å²) in [6.07, 6.45) is 5.14. The van der Waals surface area contributed by atoms with Gasteiger partial charge in [0.1, 0.15) is 5.75 Å². The lowest BCUT2D eigenvalue weighted by Crippen LogP contribution is -2.14. The average Bonchev–Trinajstić information content (AvgIpc) is 3.39. The predicted octanol–water partition coefficient (Wildman–Crippen LogP) is 4.49. The molecule has 0 bridgehead atoms. The summed E-state index contributed by atoms with van der Waals surface area (Å²) in [5.74, 6) is 0.425. The number of hydrogen-bond acceptors (Lipinski definition) is 4. The van der Waals surface area contributed by atoms with E-state index in [0.29, 0.717) is 17.9 Å². The second-order valence-corrected chi connectivity index (χ2v) is 7.69. The van der Waals surface area contributed by atoms with Gasteiger partial charge in [-0.25, -0.2) is 4.68 Å². The largest absolute Gasteiger partial charge is 0.471 e. The van der Waals surface area contributed by atoms with E-state index in [1.54, 1.807) is 34.0 Å². The van der Waals surface area contributed by atoms with Crippen LogP contribution in [0.15, 0.2) is 77.7 Å². The van der Waals surface area contributed by atoms with E-state index in [2.05, 4.69) is 50.5 Å². The van der Waals surface area contributed by atoms with Crippen LogP contribution < -0.4 is 10.1 Å². The second kappa shape index (κ2) is 8.96. The Morgan fingerprint density at radius 1 is 1.10 bits per heavy atom. The number of carbonyl (C=O) groups is 1. The van der Waals surface area contributed by atoms with Crippen molar-refractivity contribution in [2.45, 2.75) is 20.2 Å². The zero-order chi connectivity index (χ0) is 20.9. The third kappa shape index (κ3) is 4.96. The number of nitrogens with zero attached hydrogens (tertiary/aromatic N) is 4. The van der Waals surface area contributed by atoms with E-state index in [9.17, 15) is 4.79 Å². The number of benzene rings is 2. The lowest BCUT2D eigenvalue weighted by molar-refractivity contribution is 0.102. The van der Waals surface area contributed by atoms with Gasteiger partial charge < -0.3 is 10.1 Å². The van der Waals surface area contributed by atoms with Gasteiger partial charge in [-0.3, -0.25) is 9.48 Å². The van der Waals surface area contributed by atoms with Gasteiger partial charge in [-0.1, -0.05) is 40.2 Å². The number of carbonyl (C=O) groups excluding carboxylic acids is 1. The highest BCUT2D eigenvalue weighted by atomic mass is 79.9. The molecule has 4 rings (SSSR count). The van der Waals surface area contributed by atoms with Crippen LogP contribution in [0.5, 0.6) is 5.75 Å². The van der Waals surface area contributed by atoms with E-state index in [1.807, 2.05) is 36.4 Å². The van der Waals surface area contributed by atoms with Crippen molar-refractivity contribution in [2.75, 3.05) is 5.32 Å².